The number of benzene rings is 2. The molecule has 1 atom stereocenters. The van der Waals surface area contributed by atoms with Gasteiger partial charge in [0, 0.05) is 22.4 Å². The predicted octanol–water partition coefficient (Wildman–Crippen LogP) is 4.18. The molecule has 1 saturated heterocycles. The molecule has 2 N–H and O–H groups in total. The second-order valence-corrected chi connectivity index (χ2v) is 7.36. The Balaban J connectivity index is 1.96. The minimum atomic E-state index is -0.907. The lowest BCUT2D eigenvalue weighted by Gasteiger charge is -2.25. The number of hydrogen-bond acceptors (Lipinski definition) is 5. The van der Waals surface area contributed by atoms with E-state index in [-0.39, 0.29) is 22.8 Å². The van der Waals surface area contributed by atoms with Crippen molar-refractivity contribution < 1.29 is 19.8 Å². The molecule has 2 heterocycles. The van der Waals surface area contributed by atoms with Gasteiger partial charge >= 0.3 is 0 Å². The molecule has 1 amide bonds. The number of nitrogens with zero attached hydrogens (tertiary/aromatic N) is 2. The molecule has 0 bridgehead atoms. The molecule has 6 nitrogen and oxygen atoms in total. The second kappa shape index (κ2) is 7.52. The second-order valence-electron chi connectivity index (χ2n) is 6.45. The maximum absolute atomic E-state index is 13.0. The highest BCUT2D eigenvalue weighted by atomic mass is 79.9. The highest BCUT2D eigenvalue weighted by Gasteiger charge is 2.47. The monoisotopic (exact) mass is 450 g/mol. The summed E-state index contributed by atoms with van der Waals surface area (Å²) in [5, 5.41) is 21.3. The summed E-state index contributed by atoms with van der Waals surface area (Å²) in [7, 11) is 0. The first kappa shape index (κ1) is 18.9. The Morgan fingerprint density at radius 2 is 1.62 bits per heavy atom. The molecule has 2 aromatic carbocycles. The number of carbonyl (C=O) groups excluding carboxylic acids is 2. The Bertz CT molecular complexity index is 1130. The first-order valence-corrected chi connectivity index (χ1v) is 9.53. The summed E-state index contributed by atoms with van der Waals surface area (Å²) in [4.78, 5) is 31.1. The molecular weight excluding hydrogens is 436 g/mol. The van der Waals surface area contributed by atoms with Crippen LogP contribution in [0.15, 0.2) is 83.1 Å². The largest absolute Gasteiger partial charge is 0.507 e. The molecule has 0 spiro atoms. The van der Waals surface area contributed by atoms with Gasteiger partial charge in [-0.3, -0.25) is 19.5 Å². The third kappa shape index (κ3) is 3.30. The quantitative estimate of drug-likeness (QED) is 0.354. The van der Waals surface area contributed by atoms with Gasteiger partial charge < -0.3 is 10.2 Å². The van der Waals surface area contributed by atoms with Crippen molar-refractivity contribution in [3.8, 4) is 5.75 Å². The minimum Gasteiger partial charge on any atom is -0.507 e. The first-order valence-electron chi connectivity index (χ1n) is 8.74. The number of pyridine rings is 1. The van der Waals surface area contributed by atoms with Crippen LogP contribution in [0.25, 0.3) is 5.76 Å². The van der Waals surface area contributed by atoms with Crippen LogP contribution in [-0.4, -0.2) is 26.9 Å². The molecule has 1 aliphatic heterocycles. The Kier molecular flexibility index (Phi) is 4.90. The summed E-state index contributed by atoms with van der Waals surface area (Å²) in [6.45, 7) is 0. The molecule has 144 valence electrons. The fraction of sp³-hybridized carbons (Fsp3) is 0.0455. The van der Waals surface area contributed by atoms with E-state index in [1.54, 1.807) is 67.0 Å². The van der Waals surface area contributed by atoms with Crippen molar-refractivity contribution in [2.75, 3.05) is 4.90 Å². The van der Waals surface area contributed by atoms with Crippen LogP contribution in [0.1, 0.15) is 17.2 Å². The number of phenols is 1. The van der Waals surface area contributed by atoms with Crippen LogP contribution < -0.4 is 4.90 Å². The number of hydrogen-bond donors (Lipinski definition) is 2. The average Bonchev–Trinajstić information content (AvgIpc) is 3.00. The molecule has 29 heavy (non-hydrogen) atoms. The fourth-order valence-corrected chi connectivity index (χ4v) is 3.64. The molecule has 1 fully saturated rings. The Labute approximate surface area is 174 Å². The van der Waals surface area contributed by atoms with Gasteiger partial charge in [0.2, 0.25) is 0 Å². The van der Waals surface area contributed by atoms with Gasteiger partial charge in [-0.25, -0.2) is 0 Å². The number of carbonyl (C=O) groups is 2. The Morgan fingerprint density at radius 3 is 2.28 bits per heavy atom. The zero-order valence-electron chi connectivity index (χ0n) is 15.0. The molecule has 0 radical (unpaired) electrons. The Morgan fingerprint density at radius 1 is 0.966 bits per heavy atom. The topological polar surface area (TPSA) is 90.7 Å². The average molecular weight is 451 g/mol. The lowest BCUT2D eigenvalue weighted by Crippen LogP contribution is -2.29. The van der Waals surface area contributed by atoms with E-state index >= 15 is 0 Å². The third-order valence-corrected chi connectivity index (χ3v) is 5.25. The van der Waals surface area contributed by atoms with E-state index in [1.807, 2.05) is 0 Å². The summed E-state index contributed by atoms with van der Waals surface area (Å²) >= 11 is 3.33. The zero-order chi connectivity index (χ0) is 20.5. The smallest absolute Gasteiger partial charge is 0.300 e. The number of aliphatic hydroxyl groups excluding tert-OH is 1. The van der Waals surface area contributed by atoms with Crippen LogP contribution in [0.4, 0.5) is 5.69 Å². The molecular formula is C22H15BrN2O4. The SMILES string of the molecule is O=C1C(=O)N(c2ccccc2O)C(c2ccncc2)/C1=C(\O)c1ccc(Br)cc1. The van der Waals surface area contributed by atoms with E-state index in [2.05, 4.69) is 20.9 Å². The van der Waals surface area contributed by atoms with Crippen molar-refractivity contribution in [2.45, 2.75) is 6.04 Å². The first-order chi connectivity index (χ1) is 14.0. The van der Waals surface area contributed by atoms with E-state index in [0.717, 1.165) is 4.47 Å². The van der Waals surface area contributed by atoms with Gasteiger partial charge in [0.25, 0.3) is 11.7 Å². The number of Topliss-reactive ketones (excluding diaryl/α,β-unsaturated/α-hetero) is 1. The van der Waals surface area contributed by atoms with Crippen LogP contribution >= 0.6 is 15.9 Å². The predicted molar refractivity (Wildman–Crippen MR) is 111 cm³/mol. The number of halogens is 1. The molecule has 3 aromatic rings. The number of aliphatic hydroxyl groups is 1. The highest BCUT2D eigenvalue weighted by Crippen LogP contribution is 2.44. The molecule has 0 saturated carbocycles. The van der Waals surface area contributed by atoms with Crippen molar-refractivity contribution in [3.63, 3.8) is 0 Å². The molecule has 0 aliphatic carbocycles. The Hall–Kier alpha value is -3.45. The summed E-state index contributed by atoms with van der Waals surface area (Å²) in [5.74, 6) is -2.07. The number of para-hydroxylation sites is 2. The van der Waals surface area contributed by atoms with Crippen molar-refractivity contribution in [3.05, 3.63) is 94.2 Å². The standard InChI is InChI=1S/C22H15BrN2O4/c23-15-7-5-14(6-8-15)20(27)18-19(13-9-11-24-12-10-13)25(22(29)21(18)28)16-3-1-2-4-17(16)26/h1-12,19,26-27H/b20-18+. The van der Waals surface area contributed by atoms with Gasteiger partial charge in [-0.05, 0) is 42.0 Å². The maximum atomic E-state index is 13.0. The minimum absolute atomic E-state index is 0.0493. The van der Waals surface area contributed by atoms with E-state index < -0.39 is 17.7 Å². The highest BCUT2D eigenvalue weighted by molar-refractivity contribution is 9.10. The van der Waals surface area contributed by atoms with E-state index in [4.69, 9.17) is 0 Å². The summed E-state index contributed by atoms with van der Waals surface area (Å²) in [6, 6.07) is 15.5. The zero-order valence-corrected chi connectivity index (χ0v) is 16.6. The lowest BCUT2D eigenvalue weighted by atomic mass is 9.96. The maximum Gasteiger partial charge on any atom is 0.300 e. The number of rotatable bonds is 3. The van der Waals surface area contributed by atoms with E-state index in [1.165, 1.54) is 11.0 Å². The van der Waals surface area contributed by atoms with Crippen molar-refractivity contribution in [2.24, 2.45) is 0 Å². The summed E-state index contributed by atoms with van der Waals surface area (Å²) in [6.07, 6.45) is 3.08. The van der Waals surface area contributed by atoms with Gasteiger partial charge in [-0.15, -0.1) is 0 Å². The van der Waals surface area contributed by atoms with E-state index in [9.17, 15) is 19.8 Å². The van der Waals surface area contributed by atoms with Crippen molar-refractivity contribution in [1.29, 1.82) is 0 Å². The van der Waals surface area contributed by atoms with Crippen LogP contribution in [-0.2, 0) is 9.59 Å². The van der Waals surface area contributed by atoms with Crippen LogP contribution in [0.5, 0.6) is 5.75 Å². The molecule has 1 aliphatic rings. The van der Waals surface area contributed by atoms with Gasteiger partial charge in [0.1, 0.15) is 11.5 Å². The van der Waals surface area contributed by atoms with Crippen LogP contribution in [0, 0.1) is 0 Å². The number of phenolic OH excluding ortho intramolecular Hbond substituents is 1. The van der Waals surface area contributed by atoms with Crippen LogP contribution in [0.2, 0.25) is 0 Å². The number of anilines is 1. The molecule has 7 heteroatoms. The number of aromatic hydroxyl groups is 1. The van der Waals surface area contributed by atoms with Gasteiger partial charge in [-0.2, -0.15) is 0 Å². The van der Waals surface area contributed by atoms with Gasteiger partial charge in [-0.1, -0.05) is 40.2 Å². The van der Waals surface area contributed by atoms with Gasteiger partial charge in [0.05, 0.1) is 17.3 Å². The molecule has 1 unspecified atom stereocenters. The number of amides is 1. The number of ketones is 1. The van der Waals surface area contributed by atoms with Crippen molar-refractivity contribution >= 4 is 39.1 Å². The number of aromatic nitrogens is 1. The lowest BCUT2D eigenvalue weighted by molar-refractivity contribution is -0.132. The summed E-state index contributed by atoms with van der Waals surface area (Å²) < 4.78 is 0.814. The normalized spacial score (nSPS) is 18.2. The van der Waals surface area contributed by atoms with E-state index in [0.29, 0.717) is 11.1 Å². The molecule has 1 aromatic heterocycles. The third-order valence-electron chi connectivity index (χ3n) is 4.73. The van der Waals surface area contributed by atoms with Crippen molar-refractivity contribution in [1.82, 2.24) is 4.98 Å². The van der Waals surface area contributed by atoms with Gasteiger partial charge in [0.15, 0.2) is 0 Å². The van der Waals surface area contributed by atoms with Crippen LogP contribution in [0.3, 0.4) is 0 Å². The summed E-state index contributed by atoms with van der Waals surface area (Å²) in [5.41, 5.74) is 1.13. The molecule has 4 rings (SSSR count). The fourth-order valence-electron chi connectivity index (χ4n) is 3.37.